The van der Waals surface area contributed by atoms with Gasteiger partial charge in [0.1, 0.15) is 0 Å². The molecule has 1 amide bonds. The molecule has 0 fully saturated rings. The minimum absolute atomic E-state index is 0.124. The van der Waals surface area contributed by atoms with E-state index in [1.807, 2.05) is 30.3 Å². The normalized spacial score (nSPS) is 9.32. The fourth-order valence-electron chi connectivity index (χ4n) is 1.53. The van der Waals surface area contributed by atoms with Crippen molar-refractivity contribution in [3.8, 4) is 11.8 Å². The maximum absolute atomic E-state index is 11.7. The Morgan fingerprint density at radius 2 is 1.89 bits per heavy atom. The van der Waals surface area contributed by atoms with Gasteiger partial charge in [-0.1, -0.05) is 47.7 Å². The number of benzene rings is 2. The van der Waals surface area contributed by atoms with Gasteiger partial charge < -0.3 is 5.32 Å². The molecule has 0 saturated heterocycles. The van der Waals surface area contributed by atoms with Crippen LogP contribution >= 0.6 is 11.6 Å². The molecule has 94 valence electrons. The molecule has 0 saturated carbocycles. The molecule has 0 aliphatic carbocycles. The number of carbonyl (C=O) groups is 1. The fourth-order valence-corrected chi connectivity index (χ4v) is 1.72. The smallest absolute Gasteiger partial charge is 0.252 e. The maximum Gasteiger partial charge on any atom is 0.252 e. The van der Waals surface area contributed by atoms with E-state index in [1.165, 1.54) is 0 Å². The number of amides is 1. The summed E-state index contributed by atoms with van der Waals surface area (Å²) in [7, 11) is 0. The molecular weight excluding hydrogens is 258 g/mol. The molecule has 0 unspecified atom stereocenters. The highest BCUT2D eigenvalue weighted by Gasteiger charge is 2.01. The third-order valence-corrected chi connectivity index (χ3v) is 2.67. The Kier molecular flexibility index (Phi) is 4.60. The summed E-state index contributed by atoms with van der Waals surface area (Å²) in [5, 5.41) is 3.39. The Hall–Kier alpha value is -2.24. The largest absolute Gasteiger partial charge is 0.341 e. The standard InChI is InChI=1S/C16H12ClNO/c17-15-10-4-6-13(12-15)7-5-11-18-16(19)14-8-2-1-3-9-14/h1-4,6,8-10,12H,11H2,(H,18,19). The van der Waals surface area contributed by atoms with E-state index in [-0.39, 0.29) is 5.91 Å². The van der Waals surface area contributed by atoms with Crippen LogP contribution in [0.3, 0.4) is 0 Å². The molecule has 0 radical (unpaired) electrons. The first-order valence-corrected chi connectivity index (χ1v) is 6.21. The number of rotatable bonds is 2. The molecule has 0 aliphatic rings. The summed E-state index contributed by atoms with van der Waals surface area (Å²) in [6.07, 6.45) is 0. The second kappa shape index (κ2) is 6.63. The van der Waals surface area contributed by atoms with Crippen LogP contribution in [0.4, 0.5) is 0 Å². The van der Waals surface area contributed by atoms with E-state index in [9.17, 15) is 4.79 Å². The number of hydrogen-bond acceptors (Lipinski definition) is 1. The van der Waals surface area contributed by atoms with Crippen LogP contribution in [0.25, 0.3) is 0 Å². The molecule has 0 atom stereocenters. The van der Waals surface area contributed by atoms with Crippen LogP contribution < -0.4 is 5.32 Å². The van der Waals surface area contributed by atoms with Gasteiger partial charge in [0.2, 0.25) is 0 Å². The average molecular weight is 270 g/mol. The molecule has 3 heteroatoms. The Balaban J connectivity index is 1.89. The highest BCUT2D eigenvalue weighted by molar-refractivity contribution is 6.30. The topological polar surface area (TPSA) is 29.1 Å². The van der Waals surface area contributed by atoms with Gasteiger partial charge in [-0.3, -0.25) is 4.79 Å². The monoisotopic (exact) mass is 269 g/mol. The Morgan fingerprint density at radius 1 is 1.11 bits per heavy atom. The van der Waals surface area contributed by atoms with E-state index in [4.69, 9.17) is 11.6 Å². The summed E-state index contributed by atoms with van der Waals surface area (Å²) in [4.78, 5) is 11.7. The highest BCUT2D eigenvalue weighted by Crippen LogP contribution is 2.09. The van der Waals surface area contributed by atoms with Crippen LogP contribution in [0.2, 0.25) is 5.02 Å². The molecule has 0 aliphatic heterocycles. The van der Waals surface area contributed by atoms with Crippen molar-refractivity contribution in [2.24, 2.45) is 0 Å². The Morgan fingerprint density at radius 3 is 2.63 bits per heavy atom. The molecule has 0 heterocycles. The minimum Gasteiger partial charge on any atom is -0.341 e. The first kappa shape index (κ1) is 13.2. The SMILES string of the molecule is O=C(NCC#Cc1cccc(Cl)c1)c1ccccc1. The van der Waals surface area contributed by atoms with Gasteiger partial charge in [-0.15, -0.1) is 0 Å². The lowest BCUT2D eigenvalue weighted by atomic mass is 10.2. The van der Waals surface area contributed by atoms with Gasteiger partial charge in [0.25, 0.3) is 5.91 Å². The average Bonchev–Trinajstić information content (AvgIpc) is 2.44. The molecule has 1 N–H and O–H groups in total. The molecule has 2 nitrogen and oxygen atoms in total. The number of nitrogens with one attached hydrogen (secondary N) is 1. The minimum atomic E-state index is -0.124. The first-order valence-electron chi connectivity index (χ1n) is 5.83. The van der Waals surface area contributed by atoms with Crippen molar-refractivity contribution in [3.63, 3.8) is 0 Å². The summed E-state index contributed by atoms with van der Waals surface area (Å²) in [5.41, 5.74) is 1.47. The number of halogens is 1. The summed E-state index contributed by atoms with van der Waals surface area (Å²) in [6, 6.07) is 16.3. The van der Waals surface area contributed by atoms with Crippen LogP contribution in [-0.4, -0.2) is 12.5 Å². The molecule has 19 heavy (non-hydrogen) atoms. The van der Waals surface area contributed by atoms with Crippen LogP contribution in [0.15, 0.2) is 54.6 Å². The molecule has 0 aromatic heterocycles. The van der Waals surface area contributed by atoms with Crippen LogP contribution in [0.5, 0.6) is 0 Å². The molecule has 0 spiro atoms. The van der Waals surface area contributed by atoms with Gasteiger partial charge in [-0.25, -0.2) is 0 Å². The van der Waals surface area contributed by atoms with E-state index < -0.39 is 0 Å². The zero-order chi connectivity index (χ0) is 13.5. The predicted octanol–water partition coefficient (Wildman–Crippen LogP) is 3.12. The Labute approximate surface area is 117 Å². The van der Waals surface area contributed by atoms with Crippen molar-refractivity contribution in [1.29, 1.82) is 0 Å². The quantitative estimate of drug-likeness (QED) is 0.834. The van der Waals surface area contributed by atoms with Crippen molar-refractivity contribution in [2.45, 2.75) is 0 Å². The molecule has 2 aromatic carbocycles. The summed E-state index contributed by atoms with van der Waals surface area (Å²) in [5.74, 6) is 5.71. The van der Waals surface area contributed by atoms with Gasteiger partial charge in [-0.2, -0.15) is 0 Å². The van der Waals surface area contributed by atoms with E-state index in [0.29, 0.717) is 17.1 Å². The van der Waals surface area contributed by atoms with E-state index in [1.54, 1.807) is 24.3 Å². The zero-order valence-corrected chi connectivity index (χ0v) is 10.9. The van der Waals surface area contributed by atoms with Gasteiger partial charge in [-0.05, 0) is 30.3 Å². The second-order valence-electron chi connectivity index (χ2n) is 3.86. The molecular formula is C16H12ClNO. The lowest BCUT2D eigenvalue weighted by molar-refractivity contribution is 0.0958. The van der Waals surface area contributed by atoms with Gasteiger partial charge in [0.05, 0.1) is 6.54 Å². The maximum atomic E-state index is 11.7. The summed E-state index contributed by atoms with van der Waals surface area (Å²) in [6.45, 7) is 0.306. The molecule has 2 rings (SSSR count). The zero-order valence-electron chi connectivity index (χ0n) is 10.2. The van der Waals surface area contributed by atoms with Crippen molar-refractivity contribution in [2.75, 3.05) is 6.54 Å². The van der Waals surface area contributed by atoms with E-state index in [2.05, 4.69) is 17.2 Å². The molecule has 2 aromatic rings. The van der Waals surface area contributed by atoms with Crippen LogP contribution in [0.1, 0.15) is 15.9 Å². The lowest BCUT2D eigenvalue weighted by Crippen LogP contribution is -2.23. The summed E-state index contributed by atoms with van der Waals surface area (Å²) >= 11 is 5.85. The van der Waals surface area contributed by atoms with Crippen molar-refractivity contribution < 1.29 is 4.79 Å². The third-order valence-electron chi connectivity index (χ3n) is 2.43. The van der Waals surface area contributed by atoms with Gasteiger partial charge >= 0.3 is 0 Å². The van der Waals surface area contributed by atoms with Crippen molar-refractivity contribution in [1.82, 2.24) is 5.32 Å². The van der Waals surface area contributed by atoms with Gasteiger partial charge in [0, 0.05) is 16.1 Å². The van der Waals surface area contributed by atoms with Crippen LogP contribution in [0, 0.1) is 11.8 Å². The predicted molar refractivity (Wildman–Crippen MR) is 77.1 cm³/mol. The third kappa shape index (κ3) is 4.17. The highest BCUT2D eigenvalue weighted by atomic mass is 35.5. The van der Waals surface area contributed by atoms with Crippen molar-refractivity contribution >= 4 is 17.5 Å². The van der Waals surface area contributed by atoms with E-state index >= 15 is 0 Å². The lowest BCUT2D eigenvalue weighted by Gasteiger charge is -2.00. The fraction of sp³-hybridized carbons (Fsp3) is 0.0625. The van der Waals surface area contributed by atoms with E-state index in [0.717, 1.165) is 5.56 Å². The Bertz CT molecular complexity index is 626. The number of carbonyl (C=O) groups excluding carboxylic acids is 1. The molecule has 0 bridgehead atoms. The second-order valence-corrected chi connectivity index (χ2v) is 4.30. The van der Waals surface area contributed by atoms with Gasteiger partial charge in [0.15, 0.2) is 0 Å². The number of hydrogen-bond donors (Lipinski definition) is 1. The summed E-state index contributed by atoms with van der Waals surface area (Å²) < 4.78 is 0. The first-order chi connectivity index (χ1) is 9.25. The van der Waals surface area contributed by atoms with Crippen molar-refractivity contribution in [3.05, 3.63) is 70.7 Å². The van der Waals surface area contributed by atoms with Crippen LogP contribution in [-0.2, 0) is 0 Å².